The number of allylic oxidation sites excluding steroid dienone is 5. The summed E-state index contributed by atoms with van der Waals surface area (Å²) >= 11 is 0. The average molecular weight is 218 g/mol. The Morgan fingerprint density at radius 3 is 2.12 bits per heavy atom. The highest BCUT2D eigenvalue weighted by molar-refractivity contribution is 5.68. The molecule has 0 fully saturated rings. The van der Waals surface area contributed by atoms with E-state index in [1.54, 1.807) is 6.08 Å². The minimum absolute atomic E-state index is 0.00584. The van der Waals surface area contributed by atoms with Gasteiger partial charge in [0.1, 0.15) is 6.29 Å². The number of hydrogen-bond acceptors (Lipinski definition) is 1. The molecule has 0 radical (unpaired) electrons. The summed E-state index contributed by atoms with van der Waals surface area (Å²) in [7, 11) is 0. The third kappa shape index (κ3) is 4.95. The molecular formula is C15H22O. The van der Waals surface area contributed by atoms with Crippen molar-refractivity contribution in [2.24, 2.45) is 5.41 Å². The maximum absolute atomic E-state index is 10.5. The molecule has 88 valence electrons. The number of hydrogen-bond donors (Lipinski definition) is 0. The minimum Gasteiger partial charge on any atom is -0.299 e. The molecular weight excluding hydrogens is 196 g/mol. The average Bonchev–Trinajstić information content (AvgIpc) is 2.16. The molecule has 0 rings (SSSR count). The first-order valence-corrected chi connectivity index (χ1v) is 5.55. The lowest BCUT2D eigenvalue weighted by molar-refractivity contribution is -0.104. The van der Waals surface area contributed by atoms with Gasteiger partial charge in [-0.2, -0.15) is 0 Å². The van der Waals surface area contributed by atoms with Gasteiger partial charge in [0.05, 0.1) is 0 Å². The van der Waals surface area contributed by atoms with Crippen LogP contribution in [0.25, 0.3) is 0 Å². The van der Waals surface area contributed by atoms with Gasteiger partial charge >= 0.3 is 0 Å². The minimum atomic E-state index is -0.00584. The fourth-order valence-electron chi connectivity index (χ4n) is 1.38. The molecule has 0 aromatic rings. The molecule has 0 unspecified atom stereocenters. The van der Waals surface area contributed by atoms with Crippen LogP contribution in [0.2, 0.25) is 0 Å². The highest BCUT2D eigenvalue weighted by atomic mass is 16.1. The van der Waals surface area contributed by atoms with Crippen molar-refractivity contribution in [1.82, 2.24) is 0 Å². The van der Waals surface area contributed by atoms with Gasteiger partial charge < -0.3 is 0 Å². The van der Waals surface area contributed by atoms with Crippen molar-refractivity contribution in [1.29, 1.82) is 0 Å². The lowest BCUT2D eigenvalue weighted by Crippen LogP contribution is -2.09. The van der Waals surface area contributed by atoms with Gasteiger partial charge in [-0.1, -0.05) is 26.8 Å². The normalized spacial score (nSPS) is 13.1. The summed E-state index contributed by atoms with van der Waals surface area (Å²) in [6, 6.07) is 0. The highest BCUT2D eigenvalue weighted by Crippen LogP contribution is 2.29. The lowest BCUT2D eigenvalue weighted by Gasteiger charge is -2.21. The van der Waals surface area contributed by atoms with Gasteiger partial charge in [0.15, 0.2) is 0 Å². The fourth-order valence-corrected chi connectivity index (χ4v) is 1.38. The van der Waals surface area contributed by atoms with Crippen LogP contribution < -0.4 is 0 Å². The standard InChI is InChI=1S/C15H22O/c1-7-12(2)8-9-14(15(4,5)6)13(3)10-11-16/h7-8,10-11H,1-6H3/b12-7+,13-10+. The number of carbonyl (C=O) groups excluding carboxylic acids is 1. The smallest absolute Gasteiger partial charge is 0.143 e. The van der Waals surface area contributed by atoms with E-state index in [0.717, 1.165) is 17.4 Å². The first-order chi connectivity index (χ1) is 7.32. The van der Waals surface area contributed by atoms with E-state index in [0.29, 0.717) is 0 Å². The lowest BCUT2D eigenvalue weighted by atomic mass is 9.82. The molecule has 0 bridgehead atoms. The molecule has 0 aliphatic heterocycles. The van der Waals surface area contributed by atoms with Gasteiger partial charge in [-0.05, 0) is 49.5 Å². The highest BCUT2D eigenvalue weighted by Gasteiger charge is 2.17. The Bertz CT molecular complexity index is 367. The van der Waals surface area contributed by atoms with Gasteiger partial charge in [-0.15, -0.1) is 5.73 Å². The van der Waals surface area contributed by atoms with Crippen LogP contribution in [0, 0.1) is 5.41 Å². The summed E-state index contributed by atoms with van der Waals surface area (Å²) < 4.78 is 0. The molecule has 0 N–H and O–H groups in total. The Hall–Kier alpha value is -1.33. The van der Waals surface area contributed by atoms with Crippen LogP contribution in [-0.2, 0) is 4.79 Å². The first kappa shape index (κ1) is 14.7. The van der Waals surface area contributed by atoms with Crippen LogP contribution in [0.15, 0.2) is 40.7 Å². The van der Waals surface area contributed by atoms with E-state index in [1.807, 2.05) is 32.9 Å². The van der Waals surface area contributed by atoms with Gasteiger partial charge in [0.25, 0.3) is 0 Å². The van der Waals surface area contributed by atoms with E-state index in [9.17, 15) is 4.79 Å². The van der Waals surface area contributed by atoms with E-state index in [-0.39, 0.29) is 5.41 Å². The fraction of sp³-hybridized carbons (Fsp3) is 0.467. The first-order valence-electron chi connectivity index (χ1n) is 5.55. The quantitative estimate of drug-likeness (QED) is 0.300. The largest absolute Gasteiger partial charge is 0.299 e. The molecule has 0 aromatic heterocycles. The summed E-state index contributed by atoms with van der Waals surface area (Å²) in [5.41, 5.74) is 6.50. The predicted octanol–water partition coefficient (Wildman–Crippen LogP) is 4.23. The predicted molar refractivity (Wildman–Crippen MR) is 70.3 cm³/mol. The monoisotopic (exact) mass is 218 g/mol. The zero-order valence-electron chi connectivity index (χ0n) is 11.2. The third-order valence-corrected chi connectivity index (χ3v) is 2.36. The third-order valence-electron chi connectivity index (χ3n) is 2.36. The van der Waals surface area contributed by atoms with E-state index in [1.165, 1.54) is 5.57 Å². The molecule has 0 aromatic carbocycles. The van der Waals surface area contributed by atoms with Crippen LogP contribution in [0.5, 0.6) is 0 Å². The van der Waals surface area contributed by atoms with Crippen molar-refractivity contribution in [3.8, 4) is 0 Å². The summed E-state index contributed by atoms with van der Waals surface area (Å²) in [5.74, 6) is 0. The Balaban J connectivity index is 5.53. The van der Waals surface area contributed by atoms with E-state index < -0.39 is 0 Å². The number of carbonyl (C=O) groups is 1. The molecule has 1 nitrogen and oxygen atoms in total. The van der Waals surface area contributed by atoms with Gasteiger partial charge in [-0.3, -0.25) is 4.79 Å². The van der Waals surface area contributed by atoms with E-state index in [4.69, 9.17) is 0 Å². The summed E-state index contributed by atoms with van der Waals surface area (Å²) in [6.45, 7) is 12.3. The van der Waals surface area contributed by atoms with Crippen molar-refractivity contribution in [3.05, 3.63) is 40.7 Å². The summed E-state index contributed by atoms with van der Waals surface area (Å²) in [4.78, 5) is 10.5. The molecule has 0 aliphatic carbocycles. The van der Waals surface area contributed by atoms with Crippen molar-refractivity contribution >= 4 is 6.29 Å². The van der Waals surface area contributed by atoms with Crippen molar-refractivity contribution in [2.45, 2.75) is 41.5 Å². The number of rotatable bonds is 3. The Morgan fingerprint density at radius 1 is 1.19 bits per heavy atom. The molecule has 1 heteroatoms. The zero-order chi connectivity index (χ0) is 12.8. The SMILES string of the molecule is C/C=C(\C)C=C=C(/C(C)=C/C=O)C(C)(C)C. The second-order valence-electron chi connectivity index (χ2n) is 4.93. The molecule has 0 aliphatic rings. The Kier molecular flexibility index (Phi) is 5.77. The molecule has 0 saturated heterocycles. The van der Waals surface area contributed by atoms with E-state index >= 15 is 0 Å². The number of aldehydes is 1. The maximum Gasteiger partial charge on any atom is 0.143 e. The van der Waals surface area contributed by atoms with Gasteiger partial charge in [-0.25, -0.2) is 0 Å². The second kappa shape index (κ2) is 6.30. The molecule has 0 saturated carbocycles. The molecule has 0 heterocycles. The Morgan fingerprint density at radius 2 is 1.75 bits per heavy atom. The molecule has 0 spiro atoms. The maximum atomic E-state index is 10.5. The van der Waals surface area contributed by atoms with Crippen molar-refractivity contribution < 1.29 is 4.79 Å². The van der Waals surface area contributed by atoms with E-state index in [2.05, 4.69) is 26.5 Å². The molecule has 0 amide bonds. The van der Waals surface area contributed by atoms with Gasteiger partial charge in [0, 0.05) is 5.57 Å². The van der Waals surface area contributed by atoms with Crippen molar-refractivity contribution in [2.75, 3.05) is 0 Å². The van der Waals surface area contributed by atoms with Crippen LogP contribution in [0.3, 0.4) is 0 Å². The van der Waals surface area contributed by atoms with Crippen LogP contribution in [0.4, 0.5) is 0 Å². The van der Waals surface area contributed by atoms with Gasteiger partial charge in [0.2, 0.25) is 0 Å². The zero-order valence-corrected chi connectivity index (χ0v) is 11.2. The van der Waals surface area contributed by atoms with Crippen LogP contribution in [-0.4, -0.2) is 6.29 Å². The Labute approximate surface area is 99.3 Å². The summed E-state index contributed by atoms with van der Waals surface area (Å²) in [6.07, 6.45) is 6.41. The molecule has 0 atom stereocenters. The molecule has 16 heavy (non-hydrogen) atoms. The van der Waals surface area contributed by atoms with Crippen molar-refractivity contribution in [3.63, 3.8) is 0 Å². The summed E-state index contributed by atoms with van der Waals surface area (Å²) in [5, 5.41) is 0. The topological polar surface area (TPSA) is 17.1 Å². The second-order valence-corrected chi connectivity index (χ2v) is 4.93. The van der Waals surface area contributed by atoms with Crippen LogP contribution in [0.1, 0.15) is 41.5 Å². The van der Waals surface area contributed by atoms with Crippen LogP contribution >= 0.6 is 0 Å².